The lowest BCUT2D eigenvalue weighted by atomic mass is 10.0. The first-order chi connectivity index (χ1) is 15.2. The molecule has 0 bridgehead atoms. The number of anilines is 1. The molecule has 1 amide bonds. The Balaban J connectivity index is 1.58. The number of para-hydroxylation sites is 2. The van der Waals surface area contributed by atoms with Gasteiger partial charge in [-0.1, -0.05) is 23.9 Å². The molecule has 2 aromatic rings. The van der Waals surface area contributed by atoms with E-state index in [1.807, 2.05) is 28.8 Å². The molecule has 1 aliphatic heterocycles. The number of hydrogen-bond acceptors (Lipinski definition) is 7. The standard InChI is InChI=1S/C22H28N6O2S/c1-30-18-10-4-3-9-17(18)28-20(27-13-7-2-8-14-27)25-26-21(28)31-15-19(29)24-22(16-23)11-5-6-12-22/h3-4,9-10H,2,5-8,11-15H2,1H3,(H,24,29). The van der Waals surface area contributed by atoms with Crippen LogP contribution in [0.1, 0.15) is 44.9 Å². The number of methoxy groups -OCH3 is 1. The Kier molecular flexibility index (Phi) is 6.66. The first-order valence-electron chi connectivity index (χ1n) is 10.8. The minimum atomic E-state index is -0.715. The highest BCUT2D eigenvalue weighted by Gasteiger charge is 2.35. The Bertz CT molecular complexity index is 957. The van der Waals surface area contributed by atoms with E-state index in [1.54, 1.807) is 7.11 Å². The molecule has 0 radical (unpaired) electrons. The van der Waals surface area contributed by atoms with E-state index in [0.717, 1.165) is 69.0 Å². The predicted octanol–water partition coefficient (Wildman–Crippen LogP) is 3.31. The lowest BCUT2D eigenvalue weighted by Crippen LogP contribution is -2.45. The van der Waals surface area contributed by atoms with Crippen molar-refractivity contribution in [2.75, 3.05) is 30.9 Å². The zero-order valence-corrected chi connectivity index (χ0v) is 18.7. The van der Waals surface area contributed by atoms with E-state index in [0.29, 0.717) is 5.16 Å². The maximum atomic E-state index is 12.6. The number of nitrogens with zero attached hydrogens (tertiary/aromatic N) is 5. The molecule has 164 valence electrons. The molecule has 1 aromatic carbocycles. The molecule has 0 atom stereocenters. The van der Waals surface area contributed by atoms with Crippen molar-refractivity contribution >= 4 is 23.6 Å². The van der Waals surface area contributed by atoms with Crippen LogP contribution in [0.2, 0.25) is 0 Å². The number of nitrogens with one attached hydrogen (secondary N) is 1. The molecule has 2 heterocycles. The number of hydrogen-bond donors (Lipinski definition) is 1. The Labute approximate surface area is 187 Å². The minimum absolute atomic E-state index is 0.150. The molecule has 31 heavy (non-hydrogen) atoms. The van der Waals surface area contributed by atoms with E-state index in [-0.39, 0.29) is 11.7 Å². The summed E-state index contributed by atoms with van der Waals surface area (Å²) >= 11 is 1.33. The van der Waals surface area contributed by atoms with Crippen LogP contribution in [0, 0.1) is 11.3 Å². The summed E-state index contributed by atoms with van der Waals surface area (Å²) < 4.78 is 7.57. The first kappa shape index (κ1) is 21.5. The van der Waals surface area contributed by atoms with Crippen molar-refractivity contribution in [1.82, 2.24) is 20.1 Å². The summed E-state index contributed by atoms with van der Waals surface area (Å²) in [7, 11) is 1.65. The van der Waals surface area contributed by atoms with Crippen LogP contribution in [0.15, 0.2) is 29.4 Å². The third-order valence-electron chi connectivity index (χ3n) is 5.96. The zero-order valence-electron chi connectivity index (χ0n) is 17.8. The van der Waals surface area contributed by atoms with Crippen molar-refractivity contribution < 1.29 is 9.53 Å². The summed E-state index contributed by atoms with van der Waals surface area (Å²) in [5.41, 5.74) is 0.134. The number of thioether (sulfide) groups is 1. The van der Waals surface area contributed by atoms with E-state index >= 15 is 0 Å². The van der Waals surface area contributed by atoms with Crippen LogP contribution in [0.3, 0.4) is 0 Å². The van der Waals surface area contributed by atoms with Crippen LogP contribution < -0.4 is 15.0 Å². The number of carbonyl (C=O) groups is 1. The van der Waals surface area contributed by atoms with Gasteiger partial charge in [-0.2, -0.15) is 5.26 Å². The van der Waals surface area contributed by atoms with Crippen molar-refractivity contribution in [3.63, 3.8) is 0 Å². The molecule has 1 saturated carbocycles. The molecule has 2 fully saturated rings. The average molecular weight is 441 g/mol. The highest BCUT2D eigenvalue weighted by molar-refractivity contribution is 7.99. The number of rotatable bonds is 7. The van der Waals surface area contributed by atoms with E-state index < -0.39 is 5.54 Å². The number of nitriles is 1. The van der Waals surface area contributed by atoms with Crippen molar-refractivity contribution in [3.8, 4) is 17.5 Å². The third kappa shape index (κ3) is 4.64. The summed E-state index contributed by atoms with van der Waals surface area (Å²) in [6, 6.07) is 10.1. The Morgan fingerprint density at radius 1 is 1.19 bits per heavy atom. The lowest BCUT2D eigenvalue weighted by molar-refractivity contribution is -0.119. The number of benzene rings is 1. The smallest absolute Gasteiger partial charge is 0.232 e. The highest BCUT2D eigenvalue weighted by Crippen LogP contribution is 2.33. The lowest BCUT2D eigenvalue weighted by Gasteiger charge is -2.28. The Morgan fingerprint density at radius 3 is 2.65 bits per heavy atom. The molecule has 0 spiro atoms. The van der Waals surface area contributed by atoms with Gasteiger partial charge in [-0.25, -0.2) is 0 Å². The molecular weight excluding hydrogens is 412 g/mol. The number of carbonyl (C=O) groups excluding carboxylic acids is 1. The van der Waals surface area contributed by atoms with Crippen molar-refractivity contribution in [3.05, 3.63) is 24.3 Å². The summed E-state index contributed by atoms with van der Waals surface area (Å²) in [5, 5.41) is 22.0. The molecule has 1 N–H and O–H groups in total. The maximum absolute atomic E-state index is 12.6. The van der Waals surface area contributed by atoms with Gasteiger partial charge >= 0.3 is 0 Å². The van der Waals surface area contributed by atoms with E-state index in [2.05, 4.69) is 26.5 Å². The fourth-order valence-corrected chi connectivity index (χ4v) is 5.10. The fourth-order valence-electron chi connectivity index (χ4n) is 4.36. The molecule has 9 heteroatoms. The molecule has 2 aliphatic rings. The van der Waals surface area contributed by atoms with E-state index in [1.165, 1.54) is 18.2 Å². The molecular formula is C22H28N6O2S. The van der Waals surface area contributed by atoms with Crippen molar-refractivity contribution in [2.45, 2.75) is 55.6 Å². The molecule has 1 aromatic heterocycles. The van der Waals surface area contributed by atoms with E-state index in [4.69, 9.17) is 4.74 Å². The van der Waals surface area contributed by atoms with Crippen LogP contribution in [0.4, 0.5) is 5.95 Å². The molecule has 1 aliphatic carbocycles. The average Bonchev–Trinajstić information content (AvgIpc) is 3.46. The quantitative estimate of drug-likeness (QED) is 0.660. The highest BCUT2D eigenvalue weighted by atomic mass is 32.2. The van der Waals surface area contributed by atoms with Gasteiger partial charge in [-0.15, -0.1) is 10.2 Å². The van der Waals surface area contributed by atoms with E-state index in [9.17, 15) is 10.1 Å². The second kappa shape index (κ2) is 9.60. The number of piperidine rings is 1. The topological polar surface area (TPSA) is 96.1 Å². The second-order valence-corrected chi connectivity index (χ2v) is 9.02. The van der Waals surface area contributed by atoms with Crippen molar-refractivity contribution in [2.24, 2.45) is 0 Å². The third-order valence-corrected chi connectivity index (χ3v) is 6.89. The van der Waals surface area contributed by atoms with Gasteiger partial charge in [0.1, 0.15) is 11.3 Å². The number of aromatic nitrogens is 3. The van der Waals surface area contributed by atoms with Crippen LogP contribution in [0.5, 0.6) is 5.75 Å². The predicted molar refractivity (Wildman–Crippen MR) is 120 cm³/mol. The summed E-state index contributed by atoms with van der Waals surface area (Å²) in [6.07, 6.45) is 6.86. The van der Waals surface area contributed by atoms with Gasteiger partial charge in [0.2, 0.25) is 11.9 Å². The molecule has 0 unspecified atom stereocenters. The maximum Gasteiger partial charge on any atom is 0.232 e. The van der Waals surface area contributed by atoms with Crippen LogP contribution in [-0.4, -0.2) is 52.2 Å². The second-order valence-electron chi connectivity index (χ2n) is 8.08. The molecule has 1 saturated heterocycles. The largest absolute Gasteiger partial charge is 0.495 e. The minimum Gasteiger partial charge on any atom is -0.495 e. The van der Waals surface area contributed by atoms with Crippen molar-refractivity contribution in [1.29, 1.82) is 5.26 Å². The fraction of sp³-hybridized carbons (Fsp3) is 0.545. The Morgan fingerprint density at radius 2 is 1.94 bits per heavy atom. The molecule has 8 nitrogen and oxygen atoms in total. The van der Waals surface area contributed by atoms with Crippen LogP contribution >= 0.6 is 11.8 Å². The number of amides is 1. The molecule has 4 rings (SSSR count). The summed E-state index contributed by atoms with van der Waals surface area (Å²) in [4.78, 5) is 14.9. The first-order valence-corrected chi connectivity index (χ1v) is 11.8. The van der Waals surface area contributed by atoms with Gasteiger partial charge in [0.15, 0.2) is 5.16 Å². The summed E-state index contributed by atoms with van der Waals surface area (Å²) in [5.74, 6) is 1.52. The Hall–Kier alpha value is -2.73. The van der Waals surface area contributed by atoms with Gasteiger partial charge < -0.3 is 15.0 Å². The summed E-state index contributed by atoms with van der Waals surface area (Å²) in [6.45, 7) is 1.87. The monoisotopic (exact) mass is 440 g/mol. The van der Waals surface area contributed by atoms with Gasteiger partial charge in [0, 0.05) is 13.1 Å². The normalized spacial score (nSPS) is 17.9. The van der Waals surface area contributed by atoms with Crippen LogP contribution in [-0.2, 0) is 4.79 Å². The number of ether oxygens (including phenoxy) is 1. The SMILES string of the molecule is COc1ccccc1-n1c(SCC(=O)NC2(C#N)CCCC2)nnc1N1CCCCC1. The van der Waals surface area contributed by atoms with Gasteiger partial charge in [-0.3, -0.25) is 9.36 Å². The van der Waals surface area contributed by atoms with Gasteiger partial charge in [-0.05, 0) is 57.1 Å². The van der Waals surface area contributed by atoms with Crippen LogP contribution in [0.25, 0.3) is 5.69 Å². The zero-order chi connectivity index (χ0) is 21.7. The van der Waals surface area contributed by atoms with Gasteiger partial charge in [0.25, 0.3) is 0 Å². The van der Waals surface area contributed by atoms with Gasteiger partial charge in [0.05, 0.1) is 24.6 Å².